The maximum atomic E-state index is 5.41. The highest BCUT2D eigenvalue weighted by atomic mass is 14.5. The molecule has 0 atom stereocenters. The van der Waals surface area contributed by atoms with Crippen LogP contribution in [-0.2, 0) is 0 Å². The molecule has 1 nitrogen and oxygen atoms in total. The predicted octanol–water partition coefficient (Wildman–Crippen LogP) is 3.42. The van der Waals surface area contributed by atoms with Crippen molar-refractivity contribution >= 4 is 0 Å². The third-order valence-electron chi connectivity index (χ3n) is 2.01. The van der Waals surface area contributed by atoms with Crippen molar-refractivity contribution in [2.75, 3.05) is 6.54 Å². The van der Waals surface area contributed by atoms with Crippen LogP contribution in [0.2, 0.25) is 0 Å². The fraction of sp³-hybridized carbons (Fsp3) is 0.667. The molecule has 0 bridgehead atoms. The third kappa shape index (κ3) is 11.4. The van der Waals surface area contributed by atoms with Crippen LogP contribution in [0.5, 0.6) is 0 Å². The highest BCUT2D eigenvalue weighted by Gasteiger charge is 1.87. The monoisotopic (exact) mass is 181 g/mol. The molecule has 0 fully saturated rings. The average Bonchev–Trinajstić information content (AvgIpc) is 2.16. The second-order valence-corrected chi connectivity index (χ2v) is 3.30. The summed E-state index contributed by atoms with van der Waals surface area (Å²) in [6, 6.07) is 0. The molecular weight excluding hydrogens is 158 g/mol. The number of allylic oxidation sites excluding steroid dienone is 4. The Kier molecular flexibility index (Phi) is 10.9. The van der Waals surface area contributed by atoms with E-state index in [2.05, 4.69) is 24.3 Å². The number of hydrogen-bond donors (Lipinski definition) is 1. The summed E-state index contributed by atoms with van der Waals surface area (Å²) in [4.78, 5) is 0. The summed E-state index contributed by atoms with van der Waals surface area (Å²) >= 11 is 0. The van der Waals surface area contributed by atoms with Crippen LogP contribution in [0.1, 0.15) is 45.4 Å². The molecule has 0 aromatic carbocycles. The Morgan fingerprint density at radius 1 is 0.923 bits per heavy atom. The molecule has 0 spiro atoms. The predicted molar refractivity (Wildman–Crippen MR) is 60.7 cm³/mol. The number of nitrogens with two attached hydrogens (primary N) is 1. The average molecular weight is 181 g/mol. The van der Waals surface area contributed by atoms with E-state index in [-0.39, 0.29) is 0 Å². The Morgan fingerprint density at radius 2 is 1.62 bits per heavy atom. The van der Waals surface area contributed by atoms with Gasteiger partial charge in [-0.15, -0.1) is 0 Å². The normalized spacial score (nSPS) is 11.8. The molecule has 2 N–H and O–H groups in total. The fourth-order valence-corrected chi connectivity index (χ4v) is 1.22. The van der Waals surface area contributed by atoms with Gasteiger partial charge in [-0.1, -0.05) is 43.6 Å². The maximum Gasteiger partial charge on any atom is -0.00773 e. The lowest BCUT2D eigenvalue weighted by molar-refractivity contribution is 0.622. The van der Waals surface area contributed by atoms with Gasteiger partial charge in [0.05, 0.1) is 0 Å². The minimum absolute atomic E-state index is 0.848. The van der Waals surface area contributed by atoms with E-state index in [0.717, 1.165) is 6.54 Å². The molecule has 0 saturated carbocycles. The van der Waals surface area contributed by atoms with Crippen molar-refractivity contribution in [3.63, 3.8) is 0 Å². The van der Waals surface area contributed by atoms with Gasteiger partial charge in [0.15, 0.2) is 0 Å². The Balaban J connectivity index is 2.99. The first-order chi connectivity index (χ1) is 6.41. The van der Waals surface area contributed by atoms with E-state index in [1.807, 2.05) is 6.92 Å². The third-order valence-corrected chi connectivity index (χ3v) is 2.01. The summed E-state index contributed by atoms with van der Waals surface area (Å²) in [6.45, 7) is 2.89. The summed E-state index contributed by atoms with van der Waals surface area (Å²) in [5.74, 6) is 0. The van der Waals surface area contributed by atoms with E-state index in [0.29, 0.717) is 0 Å². The lowest BCUT2D eigenvalue weighted by Crippen LogP contribution is -1.97. The van der Waals surface area contributed by atoms with E-state index in [4.69, 9.17) is 5.73 Å². The lowest BCUT2D eigenvalue weighted by atomic mass is 10.1. The van der Waals surface area contributed by atoms with Crippen LogP contribution in [0, 0.1) is 0 Å². The first-order valence-electron chi connectivity index (χ1n) is 5.39. The zero-order valence-corrected chi connectivity index (χ0v) is 8.84. The molecule has 0 aromatic rings. The molecule has 0 unspecified atom stereocenters. The van der Waals surface area contributed by atoms with Crippen molar-refractivity contribution in [1.82, 2.24) is 0 Å². The molecular formula is C12H23N. The number of rotatable bonds is 8. The molecule has 0 aliphatic heterocycles. The van der Waals surface area contributed by atoms with Crippen molar-refractivity contribution in [1.29, 1.82) is 0 Å². The van der Waals surface area contributed by atoms with Crippen LogP contribution in [0.3, 0.4) is 0 Å². The maximum absolute atomic E-state index is 5.41. The van der Waals surface area contributed by atoms with Gasteiger partial charge in [-0.25, -0.2) is 0 Å². The van der Waals surface area contributed by atoms with E-state index in [1.54, 1.807) is 0 Å². The topological polar surface area (TPSA) is 26.0 Å². The zero-order valence-electron chi connectivity index (χ0n) is 8.84. The van der Waals surface area contributed by atoms with Crippen molar-refractivity contribution in [3.8, 4) is 0 Å². The van der Waals surface area contributed by atoms with E-state index in [9.17, 15) is 0 Å². The van der Waals surface area contributed by atoms with Gasteiger partial charge < -0.3 is 5.73 Å². The van der Waals surface area contributed by atoms with E-state index in [1.165, 1.54) is 38.5 Å². The Bertz CT molecular complexity index is 136. The number of hydrogen-bond acceptors (Lipinski definition) is 1. The fourth-order valence-electron chi connectivity index (χ4n) is 1.22. The van der Waals surface area contributed by atoms with Crippen molar-refractivity contribution < 1.29 is 0 Å². The van der Waals surface area contributed by atoms with Gasteiger partial charge >= 0.3 is 0 Å². The molecule has 0 saturated heterocycles. The molecule has 0 aliphatic rings. The summed E-state index contributed by atoms with van der Waals surface area (Å²) < 4.78 is 0. The smallest absolute Gasteiger partial charge is 0.00773 e. The summed E-state index contributed by atoms with van der Waals surface area (Å²) in [7, 11) is 0. The van der Waals surface area contributed by atoms with Crippen LogP contribution in [0.25, 0.3) is 0 Å². The first kappa shape index (κ1) is 12.4. The SMILES string of the molecule is CC=CC=CCCCCCCCN. The zero-order chi connectivity index (χ0) is 9.78. The molecule has 0 rings (SSSR count). The Hall–Kier alpha value is -0.560. The minimum atomic E-state index is 0.848. The van der Waals surface area contributed by atoms with Gasteiger partial charge in [-0.3, -0.25) is 0 Å². The standard InChI is InChI=1S/C12H23N/c1-2-3-4-5-6-7-8-9-10-11-12-13/h2-5H,6-13H2,1H3. The summed E-state index contributed by atoms with van der Waals surface area (Å²) in [6.07, 6.45) is 16.2. The largest absolute Gasteiger partial charge is 0.330 e. The van der Waals surface area contributed by atoms with Crippen molar-refractivity contribution in [3.05, 3.63) is 24.3 Å². The van der Waals surface area contributed by atoms with Gasteiger partial charge in [0.1, 0.15) is 0 Å². The van der Waals surface area contributed by atoms with Gasteiger partial charge in [0.2, 0.25) is 0 Å². The van der Waals surface area contributed by atoms with Crippen molar-refractivity contribution in [2.24, 2.45) is 5.73 Å². The van der Waals surface area contributed by atoms with E-state index < -0.39 is 0 Å². The summed E-state index contributed by atoms with van der Waals surface area (Å²) in [5.41, 5.74) is 5.41. The Labute approximate surface area is 82.7 Å². The van der Waals surface area contributed by atoms with Crippen LogP contribution >= 0.6 is 0 Å². The van der Waals surface area contributed by atoms with E-state index >= 15 is 0 Å². The summed E-state index contributed by atoms with van der Waals surface area (Å²) in [5, 5.41) is 0. The lowest BCUT2D eigenvalue weighted by Gasteiger charge is -1.97. The molecule has 0 aliphatic carbocycles. The highest BCUT2D eigenvalue weighted by Crippen LogP contribution is 2.05. The Morgan fingerprint density at radius 3 is 2.31 bits per heavy atom. The van der Waals surface area contributed by atoms with Crippen LogP contribution in [-0.4, -0.2) is 6.54 Å². The van der Waals surface area contributed by atoms with Gasteiger partial charge in [0.25, 0.3) is 0 Å². The highest BCUT2D eigenvalue weighted by molar-refractivity contribution is 5.00. The number of unbranched alkanes of at least 4 members (excludes halogenated alkanes) is 5. The van der Waals surface area contributed by atoms with Gasteiger partial charge in [0, 0.05) is 0 Å². The van der Waals surface area contributed by atoms with Crippen LogP contribution in [0.15, 0.2) is 24.3 Å². The minimum Gasteiger partial charge on any atom is -0.330 e. The van der Waals surface area contributed by atoms with Gasteiger partial charge in [-0.2, -0.15) is 0 Å². The molecule has 0 amide bonds. The van der Waals surface area contributed by atoms with Gasteiger partial charge in [-0.05, 0) is 32.7 Å². The second kappa shape index (κ2) is 11.4. The molecule has 0 radical (unpaired) electrons. The van der Waals surface area contributed by atoms with Crippen molar-refractivity contribution in [2.45, 2.75) is 45.4 Å². The van der Waals surface area contributed by atoms with Crippen LogP contribution < -0.4 is 5.73 Å². The second-order valence-electron chi connectivity index (χ2n) is 3.30. The molecule has 13 heavy (non-hydrogen) atoms. The molecule has 0 aromatic heterocycles. The molecule has 76 valence electrons. The molecule has 0 heterocycles. The first-order valence-corrected chi connectivity index (χ1v) is 5.39. The quantitative estimate of drug-likeness (QED) is 0.450. The van der Waals surface area contributed by atoms with Crippen LogP contribution in [0.4, 0.5) is 0 Å². The molecule has 1 heteroatoms.